The number of piperidine rings is 1. The Hall–Kier alpha value is -0.770. The number of hydrogen-bond acceptors (Lipinski definition) is 7. The van der Waals surface area contributed by atoms with Gasteiger partial charge in [-0.05, 0) is 25.9 Å². The van der Waals surface area contributed by atoms with Crippen molar-refractivity contribution in [3.05, 3.63) is 0 Å². The Morgan fingerprint density at radius 1 is 1.10 bits per heavy atom. The van der Waals surface area contributed by atoms with E-state index in [9.17, 15) is 20.1 Å². The molecule has 0 saturated carbocycles. The molecule has 0 bridgehead atoms. The first-order valence-electron chi connectivity index (χ1n) is 6.79. The maximum absolute atomic E-state index is 11.8. The minimum absolute atomic E-state index is 0.117. The summed E-state index contributed by atoms with van der Waals surface area (Å²) >= 11 is 0. The van der Waals surface area contributed by atoms with Crippen molar-refractivity contribution in [3.63, 3.8) is 0 Å². The van der Waals surface area contributed by atoms with E-state index in [1.54, 1.807) is 0 Å². The van der Waals surface area contributed by atoms with Crippen LogP contribution in [-0.2, 0) is 4.79 Å². The molecule has 0 aliphatic carbocycles. The van der Waals surface area contributed by atoms with Crippen molar-refractivity contribution in [2.45, 2.75) is 37.3 Å². The summed E-state index contributed by atoms with van der Waals surface area (Å²) in [5.74, 6) is -0.316. The maximum atomic E-state index is 11.8. The van der Waals surface area contributed by atoms with E-state index in [2.05, 4.69) is 10.6 Å². The number of carbonyl (C=O) groups is 1. The molecule has 1 aliphatic heterocycles. The van der Waals surface area contributed by atoms with Crippen molar-refractivity contribution < 1.29 is 30.3 Å². The third-order valence-corrected chi connectivity index (χ3v) is 3.52. The van der Waals surface area contributed by atoms with Crippen LogP contribution >= 0.6 is 0 Å². The maximum Gasteiger partial charge on any atom is 0.223 e. The molecule has 1 amide bonds. The zero-order valence-electron chi connectivity index (χ0n) is 11.3. The standard InChI is InChI=1S/C12H24N2O6/c15-6-9(17)11(19)10(18)8(16)5-14-12(20)7-1-3-13-4-2-7/h7-11,13,15-19H,1-6H2,(H,14,20)/t8-,9+,10+,11+/m0/s1. The van der Waals surface area contributed by atoms with E-state index in [-0.39, 0.29) is 18.4 Å². The molecule has 0 aromatic rings. The second kappa shape index (κ2) is 8.50. The van der Waals surface area contributed by atoms with E-state index in [0.29, 0.717) is 0 Å². The van der Waals surface area contributed by atoms with Gasteiger partial charge in [-0.25, -0.2) is 0 Å². The summed E-state index contributed by atoms with van der Waals surface area (Å²) in [7, 11) is 0. The van der Waals surface area contributed by atoms with Crippen molar-refractivity contribution in [2.24, 2.45) is 5.92 Å². The fraction of sp³-hybridized carbons (Fsp3) is 0.917. The number of hydrogen-bond donors (Lipinski definition) is 7. The molecular formula is C12H24N2O6. The molecule has 20 heavy (non-hydrogen) atoms. The Morgan fingerprint density at radius 3 is 2.20 bits per heavy atom. The lowest BCUT2D eigenvalue weighted by Gasteiger charge is -2.27. The molecule has 0 aromatic carbocycles. The first-order chi connectivity index (χ1) is 9.47. The monoisotopic (exact) mass is 292 g/mol. The van der Waals surface area contributed by atoms with Gasteiger partial charge in [-0.1, -0.05) is 0 Å². The molecule has 1 heterocycles. The molecule has 1 fully saturated rings. The fourth-order valence-corrected chi connectivity index (χ4v) is 2.12. The SMILES string of the molecule is O=C(NC[C@H](O)[C@@H](O)[C@H](O)[C@H](O)CO)C1CCNCC1. The molecule has 8 nitrogen and oxygen atoms in total. The van der Waals surface area contributed by atoms with Gasteiger partial charge >= 0.3 is 0 Å². The van der Waals surface area contributed by atoms with Crippen LogP contribution in [0, 0.1) is 5.92 Å². The lowest BCUT2D eigenvalue weighted by molar-refractivity contribution is -0.129. The minimum atomic E-state index is -1.68. The highest BCUT2D eigenvalue weighted by Crippen LogP contribution is 2.11. The first kappa shape index (κ1) is 17.3. The van der Waals surface area contributed by atoms with Gasteiger partial charge in [0.05, 0.1) is 12.7 Å². The highest BCUT2D eigenvalue weighted by atomic mass is 16.4. The van der Waals surface area contributed by atoms with Crippen LogP contribution in [0.4, 0.5) is 0 Å². The lowest BCUT2D eigenvalue weighted by Crippen LogP contribution is -2.50. The van der Waals surface area contributed by atoms with Gasteiger partial charge in [-0.3, -0.25) is 4.79 Å². The summed E-state index contributed by atoms with van der Waals surface area (Å²) in [5, 5.41) is 52.1. The van der Waals surface area contributed by atoms with Gasteiger partial charge < -0.3 is 36.2 Å². The topological polar surface area (TPSA) is 142 Å². The van der Waals surface area contributed by atoms with Crippen LogP contribution in [0.3, 0.4) is 0 Å². The second-order valence-corrected chi connectivity index (χ2v) is 5.07. The van der Waals surface area contributed by atoms with E-state index in [4.69, 9.17) is 10.2 Å². The molecule has 7 N–H and O–H groups in total. The van der Waals surface area contributed by atoms with Gasteiger partial charge in [0.1, 0.15) is 18.3 Å². The first-order valence-corrected chi connectivity index (χ1v) is 6.79. The highest BCUT2D eigenvalue weighted by Gasteiger charge is 2.30. The van der Waals surface area contributed by atoms with Gasteiger partial charge in [0.15, 0.2) is 0 Å². The lowest BCUT2D eigenvalue weighted by atomic mass is 9.97. The van der Waals surface area contributed by atoms with Crippen molar-refractivity contribution >= 4 is 5.91 Å². The third kappa shape index (κ3) is 4.97. The van der Waals surface area contributed by atoms with Crippen LogP contribution in [0.15, 0.2) is 0 Å². The van der Waals surface area contributed by atoms with Crippen LogP contribution in [0.5, 0.6) is 0 Å². The molecule has 1 rings (SSSR count). The molecule has 1 aliphatic rings. The number of aliphatic hydroxyl groups is 5. The van der Waals surface area contributed by atoms with E-state index in [1.165, 1.54) is 0 Å². The summed E-state index contributed by atoms with van der Waals surface area (Å²) in [5.41, 5.74) is 0. The average Bonchev–Trinajstić information content (AvgIpc) is 2.50. The van der Waals surface area contributed by atoms with Crippen LogP contribution in [0.25, 0.3) is 0 Å². The van der Waals surface area contributed by atoms with Gasteiger partial charge in [0.2, 0.25) is 5.91 Å². The van der Waals surface area contributed by atoms with Crippen molar-refractivity contribution in [1.82, 2.24) is 10.6 Å². The molecule has 0 unspecified atom stereocenters. The van der Waals surface area contributed by atoms with Crippen LogP contribution in [0.1, 0.15) is 12.8 Å². The highest BCUT2D eigenvalue weighted by molar-refractivity contribution is 5.78. The molecule has 0 aromatic heterocycles. The summed E-state index contributed by atoms with van der Waals surface area (Å²) in [4.78, 5) is 11.8. The second-order valence-electron chi connectivity index (χ2n) is 5.07. The zero-order valence-corrected chi connectivity index (χ0v) is 11.3. The van der Waals surface area contributed by atoms with Crippen LogP contribution in [-0.4, -0.2) is 82.1 Å². The number of carbonyl (C=O) groups excluding carboxylic acids is 1. The number of rotatable bonds is 7. The molecule has 0 spiro atoms. The quantitative estimate of drug-likeness (QED) is 0.258. The van der Waals surface area contributed by atoms with Crippen LogP contribution < -0.4 is 10.6 Å². The zero-order chi connectivity index (χ0) is 15.1. The van der Waals surface area contributed by atoms with Gasteiger partial charge in [0, 0.05) is 12.5 Å². The molecule has 118 valence electrons. The minimum Gasteiger partial charge on any atom is -0.394 e. The normalized spacial score (nSPS) is 22.9. The van der Waals surface area contributed by atoms with E-state index in [1.807, 2.05) is 0 Å². The van der Waals surface area contributed by atoms with Crippen molar-refractivity contribution in [1.29, 1.82) is 0 Å². The number of aliphatic hydroxyl groups excluding tert-OH is 5. The van der Waals surface area contributed by atoms with E-state index in [0.717, 1.165) is 25.9 Å². The Bertz CT molecular complexity index is 298. The Labute approximate surface area is 117 Å². The third-order valence-electron chi connectivity index (χ3n) is 3.52. The summed E-state index contributed by atoms with van der Waals surface area (Å²) in [6, 6.07) is 0. The number of nitrogens with one attached hydrogen (secondary N) is 2. The van der Waals surface area contributed by atoms with Gasteiger partial charge in [0.25, 0.3) is 0 Å². The summed E-state index contributed by atoms with van der Waals surface area (Å²) in [6.07, 6.45) is -4.85. The Morgan fingerprint density at radius 2 is 1.65 bits per heavy atom. The molecule has 0 radical (unpaired) electrons. The molecular weight excluding hydrogens is 268 g/mol. The average molecular weight is 292 g/mol. The molecule has 8 heteroatoms. The number of amides is 1. The van der Waals surface area contributed by atoms with E-state index < -0.39 is 31.0 Å². The van der Waals surface area contributed by atoms with Crippen LogP contribution in [0.2, 0.25) is 0 Å². The summed E-state index contributed by atoms with van der Waals surface area (Å²) in [6.45, 7) is 0.584. The largest absolute Gasteiger partial charge is 0.394 e. The van der Waals surface area contributed by atoms with Crippen molar-refractivity contribution in [2.75, 3.05) is 26.2 Å². The van der Waals surface area contributed by atoms with E-state index >= 15 is 0 Å². The molecule has 1 saturated heterocycles. The Balaban J connectivity index is 2.34. The summed E-state index contributed by atoms with van der Waals surface area (Å²) < 4.78 is 0. The predicted molar refractivity (Wildman–Crippen MR) is 69.7 cm³/mol. The Kier molecular flexibility index (Phi) is 7.35. The smallest absolute Gasteiger partial charge is 0.223 e. The van der Waals surface area contributed by atoms with Gasteiger partial charge in [-0.15, -0.1) is 0 Å². The fourth-order valence-electron chi connectivity index (χ4n) is 2.12. The van der Waals surface area contributed by atoms with Crippen molar-refractivity contribution in [3.8, 4) is 0 Å². The van der Waals surface area contributed by atoms with Gasteiger partial charge in [-0.2, -0.15) is 0 Å². The predicted octanol–water partition coefficient (Wildman–Crippen LogP) is -3.46. The molecule has 4 atom stereocenters.